The number of methoxy groups -OCH3 is 2. The van der Waals surface area contributed by atoms with E-state index in [0.717, 1.165) is 42.3 Å². The molecule has 0 aliphatic carbocycles. The molecule has 0 spiro atoms. The summed E-state index contributed by atoms with van der Waals surface area (Å²) in [5.74, 6) is 1.67. The number of hydrogen-bond acceptors (Lipinski definition) is 6. The van der Waals surface area contributed by atoms with Crippen LogP contribution in [0.2, 0.25) is 0 Å². The van der Waals surface area contributed by atoms with Gasteiger partial charge in [-0.3, -0.25) is 0 Å². The third-order valence-electron chi connectivity index (χ3n) is 3.81. The number of aromatic nitrogens is 1. The van der Waals surface area contributed by atoms with E-state index in [4.69, 9.17) is 9.47 Å². The van der Waals surface area contributed by atoms with E-state index in [9.17, 15) is 0 Å². The highest BCUT2D eigenvalue weighted by Crippen LogP contribution is 2.39. The molecule has 4 nitrogen and oxygen atoms in total. The summed E-state index contributed by atoms with van der Waals surface area (Å²) in [6.07, 6.45) is 0. The molecule has 4 rings (SSSR count). The van der Waals surface area contributed by atoms with Crippen LogP contribution in [-0.2, 0) is 0 Å². The van der Waals surface area contributed by atoms with Crippen LogP contribution in [0.5, 0.6) is 11.5 Å². The van der Waals surface area contributed by atoms with Gasteiger partial charge in [-0.2, -0.15) is 0 Å². The summed E-state index contributed by atoms with van der Waals surface area (Å²) in [5, 5.41) is 5.30. The van der Waals surface area contributed by atoms with E-state index in [-0.39, 0.29) is 0 Å². The maximum Gasteiger partial charge on any atom is 0.189 e. The van der Waals surface area contributed by atoms with Crippen LogP contribution in [0.3, 0.4) is 0 Å². The van der Waals surface area contributed by atoms with Gasteiger partial charge in [0.15, 0.2) is 5.13 Å². The molecule has 0 saturated carbocycles. The number of thiophene rings is 1. The normalized spacial score (nSPS) is 10.8. The number of anilines is 2. The Kier molecular flexibility index (Phi) is 4.29. The zero-order valence-corrected chi connectivity index (χ0v) is 15.4. The Morgan fingerprint density at radius 2 is 1.64 bits per heavy atom. The fourth-order valence-corrected chi connectivity index (χ4v) is 4.54. The minimum Gasteiger partial charge on any atom is -0.496 e. The molecule has 2 aromatic carbocycles. The SMILES string of the molecule is COc1ccccc1-c1ccc(Nc2nc3c(OC)cccc3s2)s1. The van der Waals surface area contributed by atoms with Gasteiger partial charge >= 0.3 is 0 Å². The van der Waals surface area contributed by atoms with Crippen molar-refractivity contribution in [3.63, 3.8) is 0 Å². The van der Waals surface area contributed by atoms with Gasteiger partial charge in [-0.15, -0.1) is 11.3 Å². The predicted molar refractivity (Wildman–Crippen MR) is 106 cm³/mol. The second-order valence-electron chi connectivity index (χ2n) is 5.32. The molecule has 4 aromatic rings. The van der Waals surface area contributed by atoms with E-state index in [1.807, 2.05) is 30.3 Å². The lowest BCUT2D eigenvalue weighted by atomic mass is 10.1. The summed E-state index contributed by atoms with van der Waals surface area (Å²) < 4.78 is 11.9. The van der Waals surface area contributed by atoms with E-state index in [2.05, 4.69) is 34.6 Å². The van der Waals surface area contributed by atoms with Crippen molar-refractivity contribution < 1.29 is 9.47 Å². The maximum absolute atomic E-state index is 5.45. The quantitative estimate of drug-likeness (QED) is 0.484. The molecular formula is C19H16N2O2S2. The van der Waals surface area contributed by atoms with Crippen molar-refractivity contribution in [2.45, 2.75) is 0 Å². The maximum atomic E-state index is 5.45. The summed E-state index contributed by atoms with van der Waals surface area (Å²) >= 11 is 3.29. The molecule has 126 valence electrons. The molecule has 2 aromatic heterocycles. The third-order valence-corrected chi connectivity index (χ3v) is 5.78. The Bertz CT molecular complexity index is 1020. The Balaban J connectivity index is 1.63. The molecule has 0 aliphatic rings. The highest BCUT2D eigenvalue weighted by atomic mass is 32.1. The van der Waals surface area contributed by atoms with Gasteiger partial charge in [0.05, 0.1) is 23.9 Å². The molecule has 0 fully saturated rings. The van der Waals surface area contributed by atoms with Crippen molar-refractivity contribution >= 4 is 43.0 Å². The summed E-state index contributed by atoms with van der Waals surface area (Å²) in [4.78, 5) is 5.81. The Labute approximate surface area is 153 Å². The van der Waals surface area contributed by atoms with Gasteiger partial charge in [-0.1, -0.05) is 29.5 Å². The van der Waals surface area contributed by atoms with Crippen molar-refractivity contribution in [2.75, 3.05) is 19.5 Å². The number of benzene rings is 2. The van der Waals surface area contributed by atoms with Gasteiger partial charge in [0, 0.05) is 10.4 Å². The summed E-state index contributed by atoms with van der Waals surface area (Å²) in [6, 6.07) is 18.2. The smallest absolute Gasteiger partial charge is 0.189 e. The van der Waals surface area contributed by atoms with Gasteiger partial charge in [-0.25, -0.2) is 4.98 Å². The number of para-hydroxylation sites is 2. The standard InChI is InChI=1S/C19H16N2O2S2/c1-22-13-7-4-3-6-12(13)15-10-11-17(24-15)20-19-21-18-14(23-2)8-5-9-16(18)25-19/h3-11H,1-2H3,(H,20,21). The van der Waals surface area contributed by atoms with Crippen molar-refractivity contribution in [3.8, 4) is 21.9 Å². The first-order chi connectivity index (χ1) is 12.3. The van der Waals surface area contributed by atoms with Crippen LogP contribution in [0.4, 0.5) is 10.1 Å². The van der Waals surface area contributed by atoms with Gasteiger partial charge < -0.3 is 14.8 Å². The van der Waals surface area contributed by atoms with Crippen molar-refractivity contribution in [3.05, 3.63) is 54.6 Å². The molecule has 0 saturated heterocycles. The lowest BCUT2D eigenvalue weighted by molar-refractivity contribution is 0.416. The summed E-state index contributed by atoms with van der Waals surface area (Å²) in [7, 11) is 3.36. The van der Waals surface area contributed by atoms with E-state index in [1.54, 1.807) is 36.9 Å². The van der Waals surface area contributed by atoms with Gasteiger partial charge in [-0.05, 0) is 36.4 Å². The van der Waals surface area contributed by atoms with Crippen LogP contribution in [0.15, 0.2) is 54.6 Å². The molecule has 2 heterocycles. The summed E-state index contributed by atoms with van der Waals surface area (Å²) in [5.41, 5.74) is 1.98. The molecule has 0 unspecified atom stereocenters. The lowest BCUT2D eigenvalue weighted by Gasteiger charge is -2.05. The fourth-order valence-electron chi connectivity index (χ4n) is 2.64. The molecule has 6 heteroatoms. The van der Waals surface area contributed by atoms with Crippen LogP contribution in [0.1, 0.15) is 0 Å². The fraction of sp³-hybridized carbons (Fsp3) is 0.105. The second-order valence-corrected chi connectivity index (χ2v) is 7.43. The minimum atomic E-state index is 0.794. The molecule has 0 aliphatic heterocycles. The van der Waals surface area contributed by atoms with Gasteiger partial charge in [0.1, 0.15) is 17.0 Å². The van der Waals surface area contributed by atoms with Crippen LogP contribution < -0.4 is 14.8 Å². The van der Waals surface area contributed by atoms with Gasteiger partial charge in [0.25, 0.3) is 0 Å². The molecular weight excluding hydrogens is 352 g/mol. The second kappa shape index (κ2) is 6.74. The van der Waals surface area contributed by atoms with E-state index in [0.29, 0.717) is 0 Å². The number of thiazole rings is 1. The average Bonchev–Trinajstić information content (AvgIpc) is 3.28. The largest absolute Gasteiger partial charge is 0.496 e. The highest BCUT2D eigenvalue weighted by Gasteiger charge is 2.11. The molecule has 0 radical (unpaired) electrons. The third kappa shape index (κ3) is 3.06. The lowest BCUT2D eigenvalue weighted by Crippen LogP contribution is -1.86. The van der Waals surface area contributed by atoms with E-state index >= 15 is 0 Å². The number of nitrogens with zero attached hydrogens (tertiary/aromatic N) is 1. The number of nitrogens with one attached hydrogen (secondary N) is 1. The van der Waals surface area contributed by atoms with Gasteiger partial charge in [0.2, 0.25) is 0 Å². The van der Waals surface area contributed by atoms with Crippen molar-refractivity contribution in [2.24, 2.45) is 0 Å². The number of ether oxygens (including phenoxy) is 2. The van der Waals surface area contributed by atoms with Crippen LogP contribution >= 0.6 is 22.7 Å². The van der Waals surface area contributed by atoms with E-state index < -0.39 is 0 Å². The predicted octanol–water partition coefficient (Wildman–Crippen LogP) is 5.79. The Morgan fingerprint density at radius 1 is 0.840 bits per heavy atom. The van der Waals surface area contributed by atoms with Crippen molar-refractivity contribution in [1.29, 1.82) is 0 Å². The molecule has 25 heavy (non-hydrogen) atoms. The zero-order valence-electron chi connectivity index (χ0n) is 13.8. The number of fused-ring (bicyclic) bond motifs is 1. The van der Waals surface area contributed by atoms with Crippen LogP contribution in [0.25, 0.3) is 20.7 Å². The zero-order chi connectivity index (χ0) is 17.2. The molecule has 0 atom stereocenters. The Hall–Kier alpha value is -2.57. The Morgan fingerprint density at radius 3 is 2.48 bits per heavy atom. The molecule has 0 amide bonds. The number of hydrogen-bond donors (Lipinski definition) is 1. The molecule has 1 N–H and O–H groups in total. The van der Waals surface area contributed by atoms with Crippen LogP contribution in [-0.4, -0.2) is 19.2 Å². The molecule has 0 bridgehead atoms. The topological polar surface area (TPSA) is 43.4 Å². The monoisotopic (exact) mass is 368 g/mol. The first kappa shape index (κ1) is 15.9. The first-order valence-corrected chi connectivity index (χ1v) is 9.35. The number of rotatable bonds is 5. The highest BCUT2D eigenvalue weighted by molar-refractivity contribution is 7.23. The summed E-state index contributed by atoms with van der Waals surface area (Å²) in [6.45, 7) is 0. The first-order valence-electron chi connectivity index (χ1n) is 7.72. The van der Waals surface area contributed by atoms with Crippen molar-refractivity contribution in [1.82, 2.24) is 4.98 Å². The van der Waals surface area contributed by atoms with Crippen LogP contribution in [0, 0.1) is 0 Å². The average molecular weight is 368 g/mol. The minimum absolute atomic E-state index is 0.794. The van der Waals surface area contributed by atoms with E-state index in [1.165, 1.54) is 0 Å².